The molecule has 0 spiro atoms. The first-order valence-electron chi connectivity index (χ1n) is 8.90. The summed E-state index contributed by atoms with van der Waals surface area (Å²) >= 11 is 1.45. The van der Waals surface area contributed by atoms with Gasteiger partial charge >= 0.3 is 11.8 Å². The molecular formula is C19H20FN3O2S. The molecule has 1 aliphatic carbocycles. The lowest BCUT2D eigenvalue weighted by Crippen LogP contribution is -2.56. The van der Waals surface area contributed by atoms with E-state index in [-0.39, 0.29) is 18.4 Å². The Kier molecular flexibility index (Phi) is 4.72. The van der Waals surface area contributed by atoms with Crippen molar-refractivity contribution in [2.45, 2.75) is 38.3 Å². The zero-order valence-corrected chi connectivity index (χ0v) is 15.2. The second kappa shape index (κ2) is 7.15. The highest BCUT2D eigenvalue weighted by Gasteiger charge is 2.37. The molecule has 7 heteroatoms. The number of benzene rings is 1. The number of halogens is 1. The van der Waals surface area contributed by atoms with E-state index in [1.165, 1.54) is 22.3 Å². The fraction of sp³-hybridized carbons (Fsp3) is 0.421. The lowest BCUT2D eigenvalue weighted by atomic mass is 10.1. The molecule has 2 fully saturated rings. The molecule has 1 aromatic carbocycles. The first kappa shape index (κ1) is 17.1. The monoisotopic (exact) mass is 373 g/mol. The molecule has 1 aromatic heterocycles. The molecule has 2 aromatic rings. The Morgan fingerprint density at radius 1 is 1.15 bits per heavy atom. The summed E-state index contributed by atoms with van der Waals surface area (Å²) in [6.07, 6.45) is 5.89. The van der Waals surface area contributed by atoms with E-state index in [9.17, 15) is 14.0 Å². The first-order chi connectivity index (χ1) is 12.6. The first-order valence-corrected chi connectivity index (χ1v) is 9.78. The number of amides is 2. The lowest BCUT2D eigenvalue weighted by Gasteiger charge is -2.37. The zero-order chi connectivity index (χ0) is 18.1. The minimum atomic E-state index is -0.519. The highest BCUT2D eigenvalue weighted by Crippen LogP contribution is 2.27. The van der Waals surface area contributed by atoms with Gasteiger partial charge in [-0.25, -0.2) is 4.39 Å². The Balaban J connectivity index is 1.46. The SMILES string of the molecule is O=C1C(=O)N(C2CCCC2)CCN1Cc1ccc(-c2cncs2)cc1F. The summed E-state index contributed by atoms with van der Waals surface area (Å²) in [5.41, 5.74) is 2.89. The van der Waals surface area contributed by atoms with Crippen LogP contribution in [0.15, 0.2) is 29.9 Å². The summed E-state index contributed by atoms with van der Waals surface area (Å²) < 4.78 is 14.5. The van der Waals surface area contributed by atoms with E-state index in [1.807, 2.05) is 6.07 Å². The van der Waals surface area contributed by atoms with Crippen molar-refractivity contribution in [2.75, 3.05) is 13.1 Å². The summed E-state index contributed by atoms with van der Waals surface area (Å²) in [6.45, 7) is 1.12. The van der Waals surface area contributed by atoms with Crippen molar-refractivity contribution >= 4 is 23.2 Å². The van der Waals surface area contributed by atoms with Gasteiger partial charge in [-0.2, -0.15) is 0 Å². The van der Waals surface area contributed by atoms with E-state index >= 15 is 0 Å². The zero-order valence-electron chi connectivity index (χ0n) is 14.4. The maximum absolute atomic E-state index is 14.5. The molecule has 1 aliphatic heterocycles. The molecule has 5 nitrogen and oxygen atoms in total. The average molecular weight is 373 g/mol. The Morgan fingerprint density at radius 2 is 1.96 bits per heavy atom. The van der Waals surface area contributed by atoms with E-state index in [1.54, 1.807) is 22.7 Å². The molecule has 2 heterocycles. The van der Waals surface area contributed by atoms with Crippen LogP contribution in [0, 0.1) is 5.82 Å². The maximum atomic E-state index is 14.5. The van der Waals surface area contributed by atoms with E-state index in [0.717, 1.165) is 36.1 Å². The minimum Gasteiger partial charge on any atom is -0.330 e. The molecule has 2 aliphatic rings. The number of hydrogen-bond donors (Lipinski definition) is 0. The lowest BCUT2D eigenvalue weighted by molar-refractivity contribution is -0.158. The van der Waals surface area contributed by atoms with Gasteiger partial charge in [0.05, 0.1) is 10.4 Å². The van der Waals surface area contributed by atoms with E-state index in [2.05, 4.69) is 4.98 Å². The molecule has 1 saturated carbocycles. The van der Waals surface area contributed by atoms with Crippen molar-refractivity contribution in [1.29, 1.82) is 0 Å². The van der Waals surface area contributed by atoms with Crippen LogP contribution >= 0.6 is 11.3 Å². The molecule has 1 saturated heterocycles. The number of aromatic nitrogens is 1. The van der Waals surface area contributed by atoms with Gasteiger partial charge in [0.25, 0.3) is 0 Å². The predicted octanol–water partition coefficient (Wildman–Crippen LogP) is 3.06. The molecular weight excluding hydrogens is 353 g/mol. The third-order valence-electron chi connectivity index (χ3n) is 5.24. The smallest absolute Gasteiger partial charge is 0.312 e. The third-order valence-corrected chi connectivity index (χ3v) is 6.06. The van der Waals surface area contributed by atoms with Gasteiger partial charge in [0.1, 0.15) is 5.82 Å². The van der Waals surface area contributed by atoms with Gasteiger partial charge in [-0.05, 0) is 24.5 Å². The average Bonchev–Trinajstić information content (AvgIpc) is 3.34. The van der Waals surface area contributed by atoms with Crippen molar-refractivity contribution in [3.8, 4) is 10.4 Å². The second-order valence-electron chi connectivity index (χ2n) is 6.84. The standard InChI is InChI=1S/C19H20FN3O2S/c20-16-9-13(17-10-21-12-26-17)5-6-14(16)11-22-7-8-23(19(25)18(22)24)15-3-1-2-4-15/h5-6,9-10,12,15H,1-4,7-8,11H2. The van der Waals surface area contributed by atoms with E-state index < -0.39 is 11.8 Å². The molecule has 0 radical (unpaired) electrons. The van der Waals surface area contributed by atoms with Gasteiger partial charge in [0.15, 0.2) is 0 Å². The second-order valence-corrected chi connectivity index (χ2v) is 7.72. The summed E-state index contributed by atoms with van der Waals surface area (Å²) in [6, 6.07) is 5.17. The molecule has 136 valence electrons. The van der Waals surface area contributed by atoms with Crippen LogP contribution in [0.4, 0.5) is 4.39 Å². The molecule has 2 amide bonds. The normalized spacial score (nSPS) is 18.8. The number of rotatable bonds is 4. The van der Waals surface area contributed by atoms with Gasteiger partial charge < -0.3 is 9.80 Å². The van der Waals surface area contributed by atoms with Crippen LogP contribution in [-0.4, -0.2) is 45.7 Å². The number of carbonyl (C=O) groups excluding carboxylic acids is 2. The molecule has 4 rings (SSSR count). The fourth-order valence-corrected chi connectivity index (χ4v) is 4.42. The molecule has 0 atom stereocenters. The van der Waals surface area contributed by atoms with Crippen molar-refractivity contribution in [3.63, 3.8) is 0 Å². The summed E-state index contributed by atoms with van der Waals surface area (Å²) in [5, 5.41) is 0. The van der Waals surface area contributed by atoms with Crippen LogP contribution in [0.3, 0.4) is 0 Å². The minimum absolute atomic E-state index is 0.123. The fourth-order valence-electron chi connectivity index (χ4n) is 3.80. The topological polar surface area (TPSA) is 53.5 Å². The van der Waals surface area contributed by atoms with E-state index in [4.69, 9.17) is 0 Å². The highest BCUT2D eigenvalue weighted by molar-refractivity contribution is 7.13. The molecule has 0 bridgehead atoms. The number of carbonyl (C=O) groups is 2. The molecule has 0 unspecified atom stereocenters. The molecule has 0 N–H and O–H groups in total. The van der Waals surface area contributed by atoms with E-state index in [0.29, 0.717) is 18.7 Å². The predicted molar refractivity (Wildman–Crippen MR) is 96.9 cm³/mol. The number of hydrogen-bond acceptors (Lipinski definition) is 4. The van der Waals surface area contributed by atoms with Gasteiger partial charge in [0.2, 0.25) is 0 Å². The quantitative estimate of drug-likeness (QED) is 0.774. The summed E-state index contributed by atoms with van der Waals surface area (Å²) in [5.74, 6) is -1.33. The van der Waals surface area contributed by atoms with Crippen LogP contribution < -0.4 is 0 Å². The van der Waals surface area contributed by atoms with Gasteiger partial charge in [0, 0.05) is 37.4 Å². The number of piperazine rings is 1. The van der Waals surface area contributed by atoms with Crippen molar-refractivity contribution in [3.05, 3.63) is 41.3 Å². The third kappa shape index (κ3) is 3.23. The van der Waals surface area contributed by atoms with Gasteiger partial charge in [-0.15, -0.1) is 11.3 Å². The Morgan fingerprint density at radius 3 is 2.65 bits per heavy atom. The van der Waals surface area contributed by atoms with Crippen molar-refractivity contribution < 1.29 is 14.0 Å². The highest BCUT2D eigenvalue weighted by atomic mass is 32.1. The Bertz CT molecular complexity index is 818. The van der Waals surface area contributed by atoms with Crippen LogP contribution in [0.5, 0.6) is 0 Å². The summed E-state index contributed by atoms with van der Waals surface area (Å²) in [4.78, 5) is 33.0. The largest absolute Gasteiger partial charge is 0.330 e. The Labute approximate surface area is 155 Å². The van der Waals surface area contributed by atoms with Crippen molar-refractivity contribution in [2.24, 2.45) is 0 Å². The molecule has 26 heavy (non-hydrogen) atoms. The number of thiazole rings is 1. The van der Waals surface area contributed by atoms with Crippen molar-refractivity contribution in [1.82, 2.24) is 14.8 Å². The van der Waals surface area contributed by atoms with Gasteiger partial charge in [-0.1, -0.05) is 25.0 Å². The van der Waals surface area contributed by atoms with Gasteiger partial charge in [-0.3, -0.25) is 14.6 Å². The van der Waals surface area contributed by atoms with Crippen LogP contribution in [0.1, 0.15) is 31.2 Å². The maximum Gasteiger partial charge on any atom is 0.312 e. The summed E-state index contributed by atoms with van der Waals surface area (Å²) in [7, 11) is 0. The van der Waals surface area contributed by atoms with Crippen LogP contribution in [0.2, 0.25) is 0 Å². The Hall–Kier alpha value is -2.28. The van der Waals surface area contributed by atoms with Crippen LogP contribution in [0.25, 0.3) is 10.4 Å². The number of nitrogens with zero attached hydrogens (tertiary/aromatic N) is 3. The van der Waals surface area contributed by atoms with Crippen LogP contribution in [-0.2, 0) is 16.1 Å².